The van der Waals surface area contributed by atoms with Gasteiger partial charge in [-0.05, 0) is 159 Å². The Kier molecular flexibility index (Phi) is 40.0. The van der Waals surface area contributed by atoms with Crippen LogP contribution in [0.1, 0.15) is 91.9 Å². The number of alkyl halides is 3. The fraction of sp³-hybridized carbons (Fsp3) is 0.216. The molecule has 520 valence electrons. The molecule has 0 aliphatic rings. The lowest BCUT2D eigenvalue weighted by Crippen LogP contribution is -3.61. The van der Waals surface area contributed by atoms with E-state index in [1.54, 1.807) is 48.5 Å². The molecule has 8 aromatic carbocycles. The van der Waals surface area contributed by atoms with Crippen LogP contribution in [0.2, 0.25) is 0 Å². The molecule has 0 radical (unpaired) electrons. The van der Waals surface area contributed by atoms with E-state index in [1.807, 2.05) is 58.3 Å². The summed E-state index contributed by atoms with van der Waals surface area (Å²) in [6.07, 6.45) is 3.75. The third kappa shape index (κ3) is 41.0. The van der Waals surface area contributed by atoms with E-state index in [4.69, 9.17) is 0 Å². The topological polar surface area (TPSA) is 257 Å². The van der Waals surface area contributed by atoms with Gasteiger partial charge in [0.15, 0.2) is 38.1 Å². The Morgan fingerprint density at radius 1 is 0.320 bits per heavy atom. The summed E-state index contributed by atoms with van der Waals surface area (Å²) < 4.78 is 131. The molecule has 0 amide bonds. The molecular formula is C74H83I5N2O12S4. The number of H-pyrrole nitrogens is 2. The maximum atomic E-state index is 10.4. The first-order valence-electron chi connectivity index (χ1n) is 29.5. The van der Waals surface area contributed by atoms with Crippen molar-refractivity contribution in [3.63, 3.8) is 0 Å². The molecule has 0 fully saturated rings. The number of aromatic nitrogens is 2. The number of pyridine rings is 2. The summed E-state index contributed by atoms with van der Waals surface area (Å²) >= 11 is 6.91. The molecule has 23 heteroatoms. The van der Waals surface area contributed by atoms with E-state index in [1.165, 1.54) is 90.9 Å². The SMILES string of the molecule is CC(C)(C)c1ccc([I+]c2ccc(C(C)(C)C)cc2)cc1.Cc1cc(C)[nH+]c(C)c1.Cc1ccc(S(=O)(=O)[O-])cc1.Cc1ccc(S(=O)(=O)[O-])cc1.Cc1ccc(S(=O)(=O)[O-])cc1.Cc1ccc(S(=O)(=O)[O-])cc1.IC(I)I.c1cc[nH+]cc1.c1ccc([I+]c2ccccc2)cc1. The highest BCUT2D eigenvalue weighted by atomic mass is 127. The summed E-state index contributed by atoms with van der Waals surface area (Å²) in [4.78, 5) is 5.39. The van der Waals surface area contributed by atoms with Crippen LogP contribution >= 0.6 is 67.8 Å². The molecule has 2 N–H and O–H groups in total. The molecular weight excluding hydrogens is 1870 g/mol. The van der Waals surface area contributed by atoms with Crippen molar-refractivity contribution in [2.75, 3.05) is 0 Å². The van der Waals surface area contributed by atoms with E-state index in [2.05, 4.69) is 261 Å². The Morgan fingerprint density at radius 2 is 0.536 bits per heavy atom. The van der Waals surface area contributed by atoms with E-state index in [-0.39, 0.29) is 72.8 Å². The lowest BCUT2D eigenvalue weighted by Gasteiger charge is -2.18. The first-order chi connectivity index (χ1) is 45.0. The first-order valence-corrected chi connectivity index (χ1v) is 43.2. The van der Waals surface area contributed by atoms with Crippen LogP contribution in [0.4, 0.5) is 0 Å². The van der Waals surface area contributed by atoms with Crippen LogP contribution < -0.4 is 52.4 Å². The van der Waals surface area contributed by atoms with Gasteiger partial charge in [-0.15, -0.1) is 0 Å². The molecule has 0 saturated carbocycles. The minimum Gasteiger partial charge on any atom is -0.744 e. The second-order valence-corrected chi connectivity index (χ2v) is 45.7. The van der Waals surface area contributed by atoms with Crippen molar-refractivity contribution in [3.8, 4) is 0 Å². The minimum atomic E-state index is -4.27. The van der Waals surface area contributed by atoms with Gasteiger partial charge in [0.05, 0.1) is 19.6 Å². The summed E-state index contributed by atoms with van der Waals surface area (Å²) in [5, 5.41) is 0. The van der Waals surface area contributed by atoms with Gasteiger partial charge >= 0.3 is 42.4 Å². The monoisotopic (exact) mass is 1950 g/mol. The van der Waals surface area contributed by atoms with Gasteiger partial charge in [-0.2, -0.15) is 0 Å². The zero-order chi connectivity index (χ0) is 73.2. The fourth-order valence-corrected chi connectivity index (χ4v) is 13.8. The van der Waals surface area contributed by atoms with Crippen LogP contribution in [0.25, 0.3) is 0 Å². The lowest BCUT2D eigenvalue weighted by atomic mass is 9.87. The summed E-state index contributed by atoms with van der Waals surface area (Å²) in [5.74, 6) is 0. The molecule has 14 nitrogen and oxygen atoms in total. The van der Waals surface area contributed by atoms with Crippen LogP contribution in [-0.4, -0.2) is 51.8 Å². The molecule has 97 heavy (non-hydrogen) atoms. The van der Waals surface area contributed by atoms with Gasteiger partial charge in [-0.1, -0.05) is 247 Å². The molecule has 10 aromatic rings. The van der Waals surface area contributed by atoms with Crippen LogP contribution in [0.3, 0.4) is 0 Å². The third-order valence-corrected chi connectivity index (χ3v) is 21.2. The standard InChI is InChI=1S/C20H26I.C12H10I.C8H11N.4C7H8O3S.C5H5N.CHI3/c1-19(2,3)15-7-11-17(12-8-15)21-18-13-9-16(10-14-18)20(4,5)6;1-3-7-11(8-4-1)13-12-9-5-2-6-10-12;1-6-4-7(2)9-8(3)5-6;4*1-6-2-4-7(5-3-6)11(8,9)10;1-2-4-6-5-3-1;2-1(3)4/h7-14H,1-6H3;1-10H;4-5H,1-3H3;4*2-5H,1H3,(H,8,9,10);1-5H;1H/q2*+1;;;;;;;/p-2. The van der Waals surface area contributed by atoms with E-state index in [0.717, 1.165) is 22.2 Å². The second kappa shape index (κ2) is 43.9. The normalized spacial score (nSPS) is 11.0. The smallest absolute Gasteiger partial charge is 0.357 e. The molecule has 2 heterocycles. The number of halogens is 5. The number of aromatic amines is 2. The van der Waals surface area contributed by atoms with Crippen molar-refractivity contribution in [1.29, 1.82) is 0 Å². The Hall–Kier alpha value is -4.65. The predicted octanol–water partition coefficient (Wildman–Crippen LogP) is 10.3. The quantitative estimate of drug-likeness (QED) is 0.0782. The van der Waals surface area contributed by atoms with Crippen molar-refractivity contribution >= 4 is 108 Å². The number of hydrogen-bond donors (Lipinski definition) is 0. The van der Waals surface area contributed by atoms with Gasteiger partial charge in [0, 0.05) is 38.1 Å². The Bertz CT molecular complexity index is 3880. The average molecular weight is 1960 g/mol. The van der Waals surface area contributed by atoms with E-state index < -0.39 is 40.5 Å². The van der Waals surface area contributed by atoms with Gasteiger partial charge in [0.1, 0.15) is 40.4 Å². The Morgan fingerprint density at radius 3 is 0.711 bits per heavy atom. The zero-order valence-corrected chi connectivity index (χ0v) is 70.2. The highest BCUT2D eigenvalue weighted by molar-refractivity contribution is 14.3. The van der Waals surface area contributed by atoms with Crippen LogP contribution in [-0.2, 0) is 51.3 Å². The van der Waals surface area contributed by atoms with Crippen molar-refractivity contribution < 1.29 is 104 Å². The summed E-state index contributed by atoms with van der Waals surface area (Å²) in [5.41, 5.74) is 10.8. The number of aryl methyl sites for hydroxylation is 7. The van der Waals surface area contributed by atoms with Gasteiger partial charge in [0.25, 0.3) is 0 Å². The van der Waals surface area contributed by atoms with Crippen molar-refractivity contribution in [2.24, 2.45) is 0 Å². The Labute approximate surface area is 638 Å². The molecule has 0 saturated heterocycles. The predicted molar refractivity (Wildman–Crippen MR) is 401 cm³/mol. The third-order valence-electron chi connectivity index (χ3n) is 12.5. The molecule has 2 aromatic heterocycles. The molecule has 10 rings (SSSR count). The van der Waals surface area contributed by atoms with Crippen molar-refractivity contribution in [1.82, 2.24) is 0 Å². The number of rotatable bonds is 8. The van der Waals surface area contributed by atoms with Crippen molar-refractivity contribution in [2.45, 2.75) is 120 Å². The maximum absolute atomic E-state index is 10.4. The van der Waals surface area contributed by atoms with E-state index in [9.17, 15) is 51.9 Å². The zero-order valence-electron chi connectivity index (χ0n) is 56.2. The van der Waals surface area contributed by atoms with Gasteiger partial charge in [-0.3, -0.25) is 0 Å². The fourth-order valence-electron chi connectivity index (χ4n) is 7.50. The van der Waals surface area contributed by atoms with Gasteiger partial charge in [-0.25, -0.2) is 43.6 Å². The van der Waals surface area contributed by atoms with Crippen LogP contribution in [0.5, 0.6) is 0 Å². The number of hydrogen-bond acceptors (Lipinski definition) is 12. The van der Waals surface area contributed by atoms with Gasteiger partial charge < -0.3 is 18.2 Å². The second-order valence-electron chi connectivity index (χ2n) is 23.2. The van der Waals surface area contributed by atoms with Crippen LogP contribution in [0, 0.1) is 62.7 Å². The highest BCUT2D eigenvalue weighted by Crippen LogP contribution is 2.22. The number of nitrogens with one attached hydrogen (secondary N) is 2. The summed E-state index contributed by atoms with van der Waals surface area (Å²) in [6, 6.07) is 73.1. The molecule has 0 bridgehead atoms. The highest BCUT2D eigenvalue weighted by Gasteiger charge is 2.20. The van der Waals surface area contributed by atoms with E-state index >= 15 is 0 Å². The number of benzene rings is 8. The van der Waals surface area contributed by atoms with Gasteiger partial charge in [0.2, 0.25) is 0 Å². The molecule has 0 aliphatic carbocycles. The maximum Gasteiger partial charge on any atom is 0.357 e. The lowest BCUT2D eigenvalue weighted by molar-refractivity contribution is -0.597. The molecule has 0 spiro atoms. The minimum absolute atomic E-state index is 0.0287. The van der Waals surface area contributed by atoms with Crippen LogP contribution in [0.15, 0.2) is 269 Å². The Balaban J connectivity index is 0.000000382. The largest absolute Gasteiger partial charge is 0.744 e. The molecule has 0 aliphatic heterocycles. The summed E-state index contributed by atoms with van der Waals surface area (Å²) in [7, 11) is -17.1. The average Bonchev–Trinajstić information content (AvgIpc) is 0.916. The van der Waals surface area contributed by atoms with Crippen molar-refractivity contribution in [3.05, 3.63) is 314 Å². The molecule has 0 atom stereocenters. The summed E-state index contributed by atoms with van der Waals surface area (Å²) in [6.45, 7) is 27.1. The first kappa shape index (κ1) is 88.4. The molecule has 0 unspecified atom stereocenters. The van der Waals surface area contributed by atoms with E-state index in [0.29, 0.717) is 0 Å².